The fourth-order valence-electron chi connectivity index (χ4n) is 2.42. The van der Waals surface area contributed by atoms with E-state index in [1.54, 1.807) is 0 Å². The summed E-state index contributed by atoms with van der Waals surface area (Å²) in [6.45, 7) is 4.70. The molecular weight excluding hydrogens is 190 g/mol. The van der Waals surface area contributed by atoms with E-state index >= 15 is 0 Å². The molecule has 1 saturated carbocycles. The molecule has 3 heteroatoms. The summed E-state index contributed by atoms with van der Waals surface area (Å²) in [4.78, 5) is 0. The van der Waals surface area contributed by atoms with Crippen molar-refractivity contribution in [3.05, 3.63) is 0 Å². The topological polar surface area (TPSA) is 30.5 Å². The minimum Gasteiger partial charge on any atom is -0.355 e. The van der Waals surface area contributed by atoms with Gasteiger partial charge in [0.25, 0.3) is 0 Å². The van der Waals surface area contributed by atoms with Crippen LogP contribution in [-0.2, 0) is 9.47 Å². The third kappa shape index (κ3) is 3.74. The summed E-state index contributed by atoms with van der Waals surface area (Å²) in [5.41, 5.74) is 0. The third-order valence-corrected chi connectivity index (χ3v) is 3.62. The lowest BCUT2D eigenvalue weighted by molar-refractivity contribution is -0.137. The number of nitrogens with one attached hydrogen (secondary N) is 1. The van der Waals surface area contributed by atoms with E-state index in [2.05, 4.69) is 12.2 Å². The van der Waals surface area contributed by atoms with Crippen LogP contribution >= 0.6 is 0 Å². The molecule has 0 aromatic rings. The monoisotopic (exact) mass is 213 g/mol. The van der Waals surface area contributed by atoms with Gasteiger partial charge in [0.2, 0.25) is 0 Å². The van der Waals surface area contributed by atoms with E-state index in [0.29, 0.717) is 12.9 Å². The quantitative estimate of drug-likeness (QED) is 0.777. The molecular formula is C12H23NO2. The molecule has 2 fully saturated rings. The van der Waals surface area contributed by atoms with Crippen LogP contribution in [0.4, 0.5) is 0 Å². The Bertz CT molecular complexity index is 172. The number of ether oxygens (including phenoxy) is 2. The van der Waals surface area contributed by atoms with Gasteiger partial charge in [0, 0.05) is 12.6 Å². The van der Waals surface area contributed by atoms with Gasteiger partial charge in [-0.3, -0.25) is 0 Å². The van der Waals surface area contributed by atoms with Gasteiger partial charge in [-0.25, -0.2) is 0 Å². The summed E-state index contributed by atoms with van der Waals surface area (Å²) in [7, 11) is 0. The summed E-state index contributed by atoms with van der Waals surface area (Å²) >= 11 is 0. The smallest absolute Gasteiger partial charge is 0.147 e. The molecule has 1 aliphatic carbocycles. The molecule has 0 aromatic carbocycles. The lowest BCUT2D eigenvalue weighted by atomic mass is 9.87. The van der Waals surface area contributed by atoms with Gasteiger partial charge in [-0.15, -0.1) is 0 Å². The van der Waals surface area contributed by atoms with Crippen LogP contribution in [0.2, 0.25) is 0 Å². The maximum atomic E-state index is 5.51. The zero-order chi connectivity index (χ0) is 10.5. The number of hydrogen-bond acceptors (Lipinski definition) is 3. The van der Waals surface area contributed by atoms with Gasteiger partial charge < -0.3 is 14.8 Å². The first kappa shape index (κ1) is 11.4. The Kier molecular flexibility index (Phi) is 4.42. The van der Waals surface area contributed by atoms with Crippen LogP contribution in [0.25, 0.3) is 0 Å². The zero-order valence-corrected chi connectivity index (χ0v) is 9.71. The first-order chi connectivity index (χ1) is 7.34. The van der Waals surface area contributed by atoms with E-state index in [-0.39, 0.29) is 0 Å². The molecule has 1 aliphatic heterocycles. The van der Waals surface area contributed by atoms with Crippen molar-refractivity contribution in [1.82, 2.24) is 5.32 Å². The lowest BCUT2D eigenvalue weighted by Crippen LogP contribution is -2.40. The first-order valence-electron chi connectivity index (χ1n) is 6.27. The van der Waals surface area contributed by atoms with Gasteiger partial charge in [0.05, 0.1) is 12.7 Å². The Labute approximate surface area is 92.5 Å². The Morgan fingerprint density at radius 3 is 2.60 bits per heavy atom. The fourth-order valence-corrected chi connectivity index (χ4v) is 2.42. The van der Waals surface area contributed by atoms with Gasteiger partial charge >= 0.3 is 0 Å². The Morgan fingerprint density at radius 2 is 1.93 bits per heavy atom. The highest BCUT2D eigenvalue weighted by molar-refractivity contribution is 4.77. The second-order valence-corrected chi connectivity index (χ2v) is 4.97. The average Bonchev–Trinajstić information content (AvgIpc) is 2.30. The number of rotatable bonds is 3. The van der Waals surface area contributed by atoms with Crippen molar-refractivity contribution < 1.29 is 9.47 Å². The van der Waals surface area contributed by atoms with Gasteiger partial charge in [0.15, 0.2) is 0 Å². The normalized spacial score (nSPS) is 37.8. The van der Waals surface area contributed by atoms with Gasteiger partial charge in [-0.2, -0.15) is 0 Å². The second-order valence-electron chi connectivity index (χ2n) is 4.97. The SMILES string of the molecule is CC1CCC(NCC2CCOCO2)CC1. The van der Waals surface area contributed by atoms with E-state index in [1.165, 1.54) is 25.7 Å². The summed E-state index contributed by atoms with van der Waals surface area (Å²) < 4.78 is 10.7. The standard InChI is InChI=1S/C12H23NO2/c1-10-2-4-11(5-3-10)13-8-12-6-7-14-9-15-12/h10-13H,2-9H2,1H3. The van der Waals surface area contributed by atoms with E-state index in [0.717, 1.165) is 31.5 Å². The molecule has 15 heavy (non-hydrogen) atoms. The largest absolute Gasteiger partial charge is 0.355 e. The van der Waals surface area contributed by atoms with Crippen LogP contribution in [0.5, 0.6) is 0 Å². The predicted molar refractivity (Wildman–Crippen MR) is 59.7 cm³/mol. The lowest BCUT2D eigenvalue weighted by Gasteiger charge is -2.30. The molecule has 2 rings (SSSR count). The van der Waals surface area contributed by atoms with Crippen molar-refractivity contribution in [2.45, 2.75) is 51.2 Å². The Morgan fingerprint density at radius 1 is 1.13 bits per heavy atom. The molecule has 1 saturated heterocycles. The maximum Gasteiger partial charge on any atom is 0.147 e. The molecule has 0 spiro atoms. The van der Waals surface area contributed by atoms with E-state index in [4.69, 9.17) is 9.47 Å². The van der Waals surface area contributed by atoms with Crippen molar-refractivity contribution in [2.75, 3.05) is 19.9 Å². The summed E-state index contributed by atoms with van der Waals surface area (Å²) in [5, 5.41) is 3.63. The van der Waals surface area contributed by atoms with Crippen LogP contribution in [0, 0.1) is 5.92 Å². The van der Waals surface area contributed by atoms with Gasteiger partial charge in [-0.05, 0) is 38.0 Å². The van der Waals surface area contributed by atoms with E-state index < -0.39 is 0 Å². The summed E-state index contributed by atoms with van der Waals surface area (Å²) in [6.07, 6.45) is 6.85. The van der Waals surface area contributed by atoms with Crippen molar-refractivity contribution in [3.8, 4) is 0 Å². The molecule has 2 aliphatic rings. The van der Waals surface area contributed by atoms with Crippen molar-refractivity contribution >= 4 is 0 Å². The van der Waals surface area contributed by atoms with Crippen LogP contribution in [0.3, 0.4) is 0 Å². The minimum atomic E-state index is 0.373. The molecule has 0 aromatic heterocycles. The Balaban J connectivity index is 1.60. The zero-order valence-electron chi connectivity index (χ0n) is 9.71. The van der Waals surface area contributed by atoms with E-state index in [9.17, 15) is 0 Å². The average molecular weight is 213 g/mol. The molecule has 88 valence electrons. The van der Waals surface area contributed by atoms with Crippen molar-refractivity contribution in [1.29, 1.82) is 0 Å². The van der Waals surface area contributed by atoms with Crippen molar-refractivity contribution in [2.24, 2.45) is 5.92 Å². The number of hydrogen-bond donors (Lipinski definition) is 1. The highest BCUT2D eigenvalue weighted by Gasteiger charge is 2.20. The first-order valence-corrected chi connectivity index (χ1v) is 6.27. The van der Waals surface area contributed by atoms with Crippen LogP contribution < -0.4 is 5.32 Å². The van der Waals surface area contributed by atoms with Crippen molar-refractivity contribution in [3.63, 3.8) is 0 Å². The summed E-state index contributed by atoms with van der Waals surface area (Å²) in [6, 6.07) is 0.729. The third-order valence-electron chi connectivity index (χ3n) is 3.62. The molecule has 1 atom stereocenters. The fraction of sp³-hybridized carbons (Fsp3) is 1.00. The van der Waals surface area contributed by atoms with E-state index in [1.807, 2.05) is 0 Å². The molecule has 0 bridgehead atoms. The highest BCUT2D eigenvalue weighted by atomic mass is 16.7. The molecule has 1 unspecified atom stereocenters. The molecule has 0 radical (unpaired) electrons. The Hall–Kier alpha value is -0.120. The molecule has 0 amide bonds. The minimum absolute atomic E-state index is 0.373. The van der Waals surface area contributed by atoms with Gasteiger partial charge in [0.1, 0.15) is 6.79 Å². The highest BCUT2D eigenvalue weighted by Crippen LogP contribution is 2.23. The van der Waals surface area contributed by atoms with Crippen LogP contribution in [0.1, 0.15) is 39.0 Å². The molecule has 3 nitrogen and oxygen atoms in total. The van der Waals surface area contributed by atoms with Crippen LogP contribution in [0.15, 0.2) is 0 Å². The predicted octanol–water partition coefficient (Wildman–Crippen LogP) is 1.92. The van der Waals surface area contributed by atoms with Gasteiger partial charge in [-0.1, -0.05) is 6.92 Å². The summed E-state index contributed by atoms with van der Waals surface area (Å²) in [5.74, 6) is 0.933. The molecule has 1 N–H and O–H groups in total. The second kappa shape index (κ2) is 5.83. The van der Waals surface area contributed by atoms with Crippen LogP contribution in [-0.4, -0.2) is 32.1 Å². The maximum absolute atomic E-state index is 5.51. The molecule has 1 heterocycles.